The van der Waals surface area contributed by atoms with Crippen molar-refractivity contribution in [1.82, 2.24) is 19.8 Å². The van der Waals surface area contributed by atoms with Gasteiger partial charge in [-0.1, -0.05) is 22.9 Å². The van der Waals surface area contributed by atoms with E-state index in [0.717, 1.165) is 43.8 Å². The number of hydrogen-bond acceptors (Lipinski definition) is 6. The van der Waals surface area contributed by atoms with Gasteiger partial charge in [0.1, 0.15) is 11.0 Å². The van der Waals surface area contributed by atoms with Gasteiger partial charge in [0, 0.05) is 32.4 Å². The predicted molar refractivity (Wildman–Crippen MR) is 78.4 cm³/mol. The van der Waals surface area contributed by atoms with Gasteiger partial charge < -0.3 is 5.32 Å². The minimum atomic E-state index is -0.599. The van der Waals surface area contributed by atoms with Gasteiger partial charge in [-0.15, -0.1) is 0 Å². The number of nitrogens with one attached hydrogen (secondary N) is 1. The van der Waals surface area contributed by atoms with Crippen LogP contribution in [0.2, 0.25) is 5.02 Å². The van der Waals surface area contributed by atoms with Crippen molar-refractivity contribution in [3.8, 4) is 0 Å². The maximum Gasteiger partial charge on any atom is 0.311 e. The van der Waals surface area contributed by atoms with Crippen LogP contribution >= 0.6 is 22.9 Å². The highest BCUT2D eigenvalue weighted by atomic mass is 35.5. The summed E-state index contributed by atoms with van der Waals surface area (Å²) in [5.74, 6) is 0. The maximum atomic E-state index is 12.2. The van der Waals surface area contributed by atoms with Gasteiger partial charge in [0.15, 0.2) is 6.29 Å². The first-order valence-corrected chi connectivity index (χ1v) is 7.47. The van der Waals surface area contributed by atoms with Gasteiger partial charge in [-0.3, -0.25) is 19.1 Å². The fourth-order valence-electron chi connectivity index (χ4n) is 2.40. The molecule has 6 nitrogen and oxygen atoms in total. The second-order valence-electron chi connectivity index (χ2n) is 4.55. The number of nitrogens with zero attached hydrogens (tertiary/aromatic N) is 3. The molecule has 0 spiro atoms. The molecule has 2 aromatic heterocycles. The lowest BCUT2D eigenvalue weighted by atomic mass is 10.3. The van der Waals surface area contributed by atoms with Gasteiger partial charge in [0.2, 0.25) is 0 Å². The quantitative estimate of drug-likeness (QED) is 0.846. The molecule has 8 heteroatoms. The Kier molecular flexibility index (Phi) is 3.84. The van der Waals surface area contributed by atoms with Crippen LogP contribution in [0, 0.1) is 0 Å². The summed E-state index contributed by atoms with van der Waals surface area (Å²) in [6, 6.07) is 1.68. The smallest absolute Gasteiger partial charge is 0.311 e. The highest BCUT2D eigenvalue weighted by Gasteiger charge is 2.25. The highest BCUT2D eigenvalue weighted by molar-refractivity contribution is 7.16. The maximum absolute atomic E-state index is 12.2. The molecule has 1 N–H and O–H groups in total. The predicted octanol–water partition coefficient (Wildman–Crippen LogP) is 0.714. The summed E-state index contributed by atoms with van der Waals surface area (Å²) in [7, 11) is 0. The van der Waals surface area contributed by atoms with Crippen molar-refractivity contribution >= 4 is 39.6 Å². The van der Waals surface area contributed by atoms with E-state index in [1.165, 1.54) is 10.8 Å². The third kappa shape index (κ3) is 2.37. The number of carbonyl (C=O) groups excluding carboxylic acids is 1. The van der Waals surface area contributed by atoms with Crippen molar-refractivity contribution in [2.24, 2.45) is 0 Å². The summed E-state index contributed by atoms with van der Waals surface area (Å²) in [5.41, 5.74) is 0.614. The Morgan fingerprint density at radius 2 is 2.20 bits per heavy atom. The number of piperazine rings is 1. The summed E-state index contributed by atoms with van der Waals surface area (Å²) in [4.78, 5) is 30.2. The van der Waals surface area contributed by atoms with Gasteiger partial charge in [0.25, 0.3) is 0 Å². The number of aromatic nitrogens is 2. The molecule has 3 heterocycles. The van der Waals surface area contributed by atoms with Crippen molar-refractivity contribution in [3.05, 3.63) is 27.0 Å². The zero-order valence-electron chi connectivity index (χ0n) is 10.6. The van der Waals surface area contributed by atoms with Crippen molar-refractivity contribution in [1.29, 1.82) is 0 Å². The van der Waals surface area contributed by atoms with Gasteiger partial charge >= 0.3 is 4.87 Å². The van der Waals surface area contributed by atoms with E-state index in [1.54, 1.807) is 6.07 Å². The van der Waals surface area contributed by atoms with Gasteiger partial charge in [-0.05, 0) is 6.07 Å². The molecule has 0 saturated carbocycles. The SMILES string of the molecule is O=CC(N1CCNCC1)n1c(=O)sc2ncc(Cl)cc21. The molecule has 20 heavy (non-hydrogen) atoms. The number of aldehydes is 1. The first-order valence-electron chi connectivity index (χ1n) is 6.27. The number of thiazole rings is 1. The van der Waals surface area contributed by atoms with E-state index < -0.39 is 6.17 Å². The number of carbonyl (C=O) groups is 1. The Morgan fingerprint density at radius 3 is 2.90 bits per heavy atom. The van der Waals surface area contributed by atoms with Crippen LogP contribution in [-0.2, 0) is 4.79 Å². The molecule has 0 bridgehead atoms. The minimum absolute atomic E-state index is 0.189. The zero-order valence-corrected chi connectivity index (χ0v) is 12.2. The van der Waals surface area contributed by atoms with Crippen LogP contribution in [0.25, 0.3) is 10.3 Å². The molecule has 0 aromatic carbocycles. The van der Waals surface area contributed by atoms with Crippen LogP contribution in [0.3, 0.4) is 0 Å². The van der Waals surface area contributed by atoms with E-state index in [9.17, 15) is 9.59 Å². The average molecular weight is 313 g/mol. The molecule has 1 unspecified atom stereocenters. The van der Waals surface area contributed by atoms with E-state index in [2.05, 4.69) is 10.3 Å². The summed E-state index contributed by atoms with van der Waals surface area (Å²) in [6.07, 6.45) is 1.71. The zero-order chi connectivity index (χ0) is 14.1. The van der Waals surface area contributed by atoms with E-state index in [-0.39, 0.29) is 4.87 Å². The Hall–Kier alpha value is -1.28. The average Bonchev–Trinajstić information content (AvgIpc) is 2.77. The summed E-state index contributed by atoms with van der Waals surface area (Å²) in [6.45, 7) is 3.06. The van der Waals surface area contributed by atoms with E-state index in [0.29, 0.717) is 15.4 Å². The lowest BCUT2D eigenvalue weighted by Gasteiger charge is -2.32. The molecular weight excluding hydrogens is 300 g/mol. The topological polar surface area (TPSA) is 67.2 Å². The van der Waals surface area contributed by atoms with Crippen LogP contribution in [0.1, 0.15) is 6.17 Å². The molecule has 0 amide bonds. The third-order valence-electron chi connectivity index (χ3n) is 3.35. The second-order valence-corrected chi connectivity index (χ2v) is 5.93. The van der Waals surface area contributed by atoms with Crippen molar-refractivity contribution in [3.63, 3.8) is 0 Å². The highest BCUT2D eigenvalue weighted by Crippen LogP contribution is 2.23. The van der Waals surface area contributed by atoms with Gasteiger partial charge in [0.05, 0.1) is 10.5 Å². The lowest BCUT2D eigenvalue weighted by Crippen LogP contribution is -2.48. The molecule has 3 rings (SSSR count). The number of pyridine rings is 1. The summed E-state index contributed by atoms with van der Waals surface area (Å²) < 4.78 is 1.48. The summed E-state index contributed by atoms with van der Waals surface area (Å²) >= 11 is 6.98. The van der Waals surface area contributed by atoms with Crippen LogP contribution in [-0.4, -0.2) is 46.9 Å². The van der Waals surface area contributed by atoms with Crippen LogP contribution in [0.5, 0.6) is 0 Å². The molecule has 0 aliphatic carbocycles. The molecule has 1 atom stereocenters. The monoisotopic (exact) mass is 312 g/mol. The largest absolute Gasteiger partial charge is 0.314 e. The third-order valence-corrected chi connectivity index (χ3v) is 4.44. The first kappa shape index (κ1) is 13.7. The minimum Gasteiger partial charge on any atom is -0.314 e. The van der Waals surface area contributed by atoms with Gasteiger partial charge in [-0.2, -0.15) is 0 Å². The molecule has 1 aliphatic heterocycles. The van der Waals surface area contributed by atoms with Crippen LogP contribution < -0.4 is 10.2 Å². The molecule has 1 fully saturated rings. The Bertz CT molecular complexity index is 692. The Balaban J connectivity index is 2.10. The molecule has 2 aromatic rings. The first-order chi connectivity index (χ1) is 9.70. The van der Waals surface area contributed by atoms with Crippen LogP contribution in [0.4, 0.5) is 0 Å². The number of rotatable bonds is 3. The van der Waals surface area contributed by atoms with Crippen molar-refractivity contribution in [2.75, 3.05) is 26.2 Å². The lowest BCUT2D eigenvalue weighted by molar-refractivity contribution is -0.115. The standard InChI is InChI=1S/C12H13ClN4O2S/c13-8-5-9-11(15-6-8)20-12(19)17(9)10(7-18)16-3-1-14-2-4-16/h5-7,10,14H,1-4H2. The fourth-order valence-corrected chi connectivity index (χ4v) is 3.39. The van der Waals surface area contributed by atoms with Crippen molar-refractivity contribution in [2.45, 2.75) is 6.17 Å². The molecular formula is C12H13ClN4O2S. The number of hydrogen-bond donors (Lipinski definition) is 1. The molecule has 0 radical (unpaired) electrons. The Morgan fingerprint density at radius 1 is 1.45 bits per heavy atom. The molecule has 1 saturated heterocycles. The number of halogens is 1. The number of fused-ring (bicyclic) bond motifs is 1. The Labute approximate surface area is 124 Å². The van der Waals surface area contributed by atoms with Crippen LogP contribution in [0.15, 0.2) is 17.1 Å². The van der Waals surface area contributed by atoms with Gasteiger partial charge in [-0.25, -0.2) is 4.98 Å². The van der Waals surface area contributed by atoms with E-state index in [1.807, 2.05) is 4.90 Å². The van der Waals surface area contributed by atoms with Crippen molar-refractivity contribution < 1.29 is 4.79 Å². The fraction of sp³-hybridized carbons (Fsp3) is 0.417. The normalized spacial score (nSPS) is 18.2. The molecule has 106 valence electrons. The second kappa shape index (κ2) is 5.61. The summed E-state index contributed by atoms with van der Waals surface area (Å²) in [5, 5.41) is 3.68. The van der Waals surface area contributed by atoms with E-state index in [4.69, 9.17) is 11.6 Å². The molecule has 1 aliphatic rings. The van der Waals surface area contributed by atoms with E-state index >= 15 is 0 Å².